The number of para-hydroxylation sites is 1. The van der Waals surface area contributed by atoms with Crippen LogP contribution in [0.5, 0.6) is 5.75 Å². The summed E-state index contributed by atoms with van der Waals surface area (Å²) in [7, 11) is -3.62. The van der Waals surface area contributed by atoms with Gasteiger partial charge in [-0.1, -0.05) is 18.2 Å². The molecule has 1 amide bonds. The summed E-state index contributed by atoms with van der Waals surface area (Å²) in [6, 6.07) is 10.4. The predicted molar refractivity (Wildman–Crippen MR) is 111 cm³/mol. The monoisotopic (exact) mass is 466 g/mol. The molecule has 0 bridgehead atoms. The summed E-state index contributed by atoms with van der Waals surface area (Å²) in [5, 5.41) is 2.77. The number of carbonyl (C=O) groups is 1. The zero-order chi connectivity index (χ0) is 20.3. The fourth-order valence-electron chi connectivity index (χ4n) is 2.77. The Balaban J connectivity index is 1.61. The van der Waals surface area contributed by atoms with Crippen LogP contribution in [0.3, 0.4) is 0 Å². The van der Waals surface area contributed by atoms with E-state index in [0.717, 1.165) is 29.7 Å². The lowest BCUT2D eigenvalue weighted by molar-refractivity contribution is 0.0946. The molecular weight excluding hydrogens is 444 g/mol. The van der Waals surface area contributed by atoms with E-state index in [1.54, 1.807) is 6.07 Å². The Bertz CT molecular complexity index is 967. The highest BCUT2D eigenvalue weighted by Gasteiger charge is 2.28. The molecule has 2 N–H and O–H groups in total. The molecule has 0 aliphatic heterocycles. The van der Waals surface area contributed by atoms with Gasteiger partial charge in [-0.3, -0.25) is 4.79 Å². The van der Waals surface area contributed by atoms with Crippen LogP contribution in [0.15, 0.2) is 45.8 Å². The second kappa shape index (κ2) is 8.63. The second-order valence-corrected chi connectivity index (χ2v) is 9.43. The lowest BCUT2D eigenvalue weighted by atomic mass is 10.1. The summed E-state index contributed by atoms with van der Waals surface area (Å²) >= 11 is 3.32. The largest absolute Gasteiger partial charge is 0.491 e. The Morgan fingerprint density at radius 3 is 2.50 bits per heavy atom. The van der Waals surface area contributed by atoms with E-state index >= 15 is 0 Å². The number of nitrogens with one attached hydrogen (secondary N) is 2. The zero-order valence-electron chi connectivity index (χ0n) is 15.8. The first kappa shape index (κ1) is 20.8. The van der Waals surface area contributed by atoms with Crippen molar-refractivity contribution in [1.29, 1.82) is 0 Å². The van der Waals surface area contributed by atoms with Gasteiger partial charge >= 0.3 is 0 Å². The van der Waals surface area contributed by atoms with E-state index in [9.17, 15) is 13.2 Å². The van der Waals surface area contributed by atoms with Crippen LogP contribution in [0.4, 0.5) is 0 Å². The Labute approximate surface area is 173 Å². The third-order valence-corrected chi connectivity index (χ3v) is 6.64. The van der Waals surface area contributed by atoms with Gasteiger partial charge in [0.25, 0.3) is 5.91 Å². The van der Waals surface area contributed by atoms with Crippen molar-refractivity contribution in [3.05, 3.63) is 57.6 Å². The average molecular weight is 467 g/mol. The molecule has 0 atom stereocenters. The van der Waals surface area contributed by atoms with Gasteiger partial charge in [-0.05, 0) is 71.9 Å². The highest BCUT2D eigenvalue weighted by atomic mass is 79.9. The molecular formula is C20H23BrN2O4S. The van der Waals surface area contributed by atoms with E-state index in [1.807, 2.05) is 32.0 Å². The topological polar surface area (TPSA) is 84.5 Å². The van der Waals surface area contributed by atoms with Gasteiger partial charge in [0.15, 0.2) is 0 Å². The molecule has 0 radical (unpaired) electrons. The molecule has 1 aliphatic carbocycles. The molecule has 2 aromatic rings. The van der Waals surface area contributed by atoms with Crippen molar-refractivity contribution in [1.82, 2.24) is 10.0 Å². The lowest BCUT2D eigenvalue weighted by Gasteiger charge is -2.13. The first-order valence-corrected chi connectivity index (χ1v) is 11.3. The summed E-state index contributed by atoms with van der Waals surface area (Å²) in [6.45, 7) is 4.56. The minimum Gasteiger partial charge on any atom is -0.491 e. The molecule has 0 spiro atoms. The van der Waals surface area contributed by atoms with Crippen molar-refractivity contribution in [3.63, 3.8) is 0 Å². The number of benzene rings is 2. The molecule has 0 aromatic heterocycles. The van der Waals surface area contributed by atoms with Crippen LogP contribution in [-0.2, 0) is 10.0 Å². The molecule has 28 heavy (non-hydrogen) atoms. The zero-order valence-corrected chi connectivity index (χ0v) is 18.2. The maximum absolute atomic E-state index is 12.5. The van der Waals surface area contributed by atoms with Crippen molar-refractivity contribution in [3.8, 4) is 5.75 Å². The quantitative estimate of drug-likeness (QED) is 0.584. The molecule has 1 fully saturated rings. The number of aryl methyl sites for hydroxylation is 2. The van der Waals surface area contributed by atoms with Crippen LogP contribution >= 0.6 is 15.9 Å². The smallest absolute Gasteiger partial charge is 0.252 e. The van der Waals surface area contributed by atoms with Crippen molar-refractivity contribution < 1.29 is 17.9 Å². The minimum atomic E-state index is -3.62. The molecule has 8 heteroatoms. The minimum absolute atomic E-state index is 0.00738. The Morgan fingerprint density at radius 2 is 1.86 bits per heavy atom. The van der Waals surface area contributed by atoms with Crippen LogP contribution in [-0.4, -0.2) is 33.5 Å². The van der Waals surface area contributed by atoms with E-state index < -0.39 is 10.0 Å². The summed E-state index contributed by atoms with van der Waals surface area (Å²) in [5.41, 5.74) is 2.34. The fraction of sp³-hybridized carbons (Fsp3) is 0.350. The third kappa shape index (κ3) is 5.12. The highest BCUT2D eigenvalue weighted by molar-refractivity contribution is 9.10. The second-order valence-electron chi connectivity index (χ2n) is 6.86. The van der Waals surface area contributed by atoms with Crippen LogP contribution in [0.2, 0.25) is 0 Å². The van der Waals surface area contributed by atoms with Crippen LogP contribution in [0, 0.1) is 13.8 Å². The van der Waals surface area contributed by atoms with Gasteiger partial charge < -0.3 is 10.1 Å². The maximum atomic E-state index is 12.5. The van der Waals surface area contributed by atoms with Crippen LogP contribution < -0.4 is 14.8 Å². The lowest BCUT2D eigenvalue weighted by Crippen LogP contribution is -2.29. The SMILES string of the molecule is Cc1cccc(C)c1OCCNC(=O)c1cc(S(=O)(=O)NC2CC2)ccc1Br. The summed E-state index contributed by atoms with van der Waals surface area (Å²) < 4.78 is 33.7. The maximum Gasteiger partial charge on any atom is 0.252 e. The van der Waals surface area contributed by atoms with Gasteiger partial charge in [-0.2, -0.15) is 0 Å². The van der Waals surface area contributed by atoms with Gasteiger partial charge in [0.1, 0.15) is 12.4 Å². The normalized spacial score (nSPS) is 14.0. The Kier molecular flexibility index (Phi) is 6.42. The van der Waals surface area contributed by atoms with Crippen molar-refractivity contribution in [2.75, 3.05) is 13.2 Å². The third-order valence-electron chi connectivity index (χ3n) is 4.43. The average Bonchev–Trinajstić information content (AvgIpc) is 3.44. The van der Waals surface area contributed by atoms with Crippen LogP contribution in [0.25, 0.3) is 0 Å². The number of halogens is 1. The summed E-state index contributed by atoms with van der Waals surface area (Å²) in [4.78, 5) is 12.6. The number of rotatable bonds is 8. The number of hydrogen-bond donors (Lipinski definition) is 2. The van der Waals surface area contributed by atoms with E-state index in [4.69, 9.17) is 4.74 Å². The van der Waals surface area contributed by atoms with Gasteiger partial charge in [0.2, 0.25) is 10.0 Å². The number of sulfonamides is 1. The summed E-state index contributed by atoms with van der Waals surface area (Å²) in [6.07, 6.45) is 1.70. The number of hydrogen-bond acceptors (Lipinski definition) is 4. The molecule has 1 aliphatic rings. The summed E-state index contributed by atoms with van der Waals surface area (Å²) in [5.74, 6) is 0.456. The van der Waals surface area contributed by atoms with E-state index in [0.29, 0.717) is 17.6 Å². The Hall–Kier alpha value is -1.90. The molecule has 1 saturated carbocycles. The van der Waals surface area contributed by atoms with E-state index in [2.05, 4.69) is 26.0 Å². The molecule has 0 saturated heterocycles. The van der Waals surface area contributed by atoms with Crippen molar-refractivity contribution in [2.24, 2.45) is 0 Å². The number of amides is 1. The molecule has 6 nitrogen and oxygen atoms in total. The van der Waals surface area contributed by atoms with Crippen LogP contribution in [0.1, 0.15) is 34.3 Å². The van der Waals surface area contributed by atoms with Gasteiger partial charge in [-0.25, -0.2) is 13.1 Å². The van der Waals surface area contributed by atoms with E-state index in [1.165, 1.54) is 12.1 Å². The highest BCUT2D eigenvalue weighted by Crippen LogP contribution is 2.25. The molecule has 2 aromatic carbocycles. The van der Waals surface area contributed by atoms with Gasteiger partial charge in [0.05, 0.1) is 17.0 Å². The van der Waals surface area contributed by atoms with Crippen molar-refractivity contribution >= 4 is 31.9 Å². The van der Waals surface area contributed by atoms with Crippen molar-refractivity contribution in [2.45, 2.75) is 37.6 Å². The van der Waals surface area contributed by atoms with Gasteiger partial charge in [0, 0.05) is 10.5 Å². The first-order chi connectivity index (χ1) is 13.3. The van der Waals surface area contributed by atoms with Gasteiger partial charge in [-0.15, -0.1) is 0 Å². The standard InChI is InChI=1S/C20H23BrN2O4S/c1-13-4-3-5-14(2)19(13)27-11-10-22-20(24)17-12-16(8-9-18(17)21)28(25,26)23-15-6-7-15/h3-5,8-9,12,15,23H,6-7,10-11H2,1-2H3,(H,22,24). The van der Waals surface area contributed by atoms with E-state index in [-0.39, 0.29) is 22.4 Å². The Morgan fingerprint density at radius 1 is 1.18 bits per heavy atom. The molecule has 3 rings (SSSR count). The first-order valence-electron chi connectivity index (χ1n) is 9.07. The number of ether oxygens (including phenoxy) is 1. The molecule has 0 heterocycles. The number of carbonyl (C=O) groups excluding carboxylic acids is 1. The fourth-order valence-corrected chi connectivity index (χ4v) is 4.53. The molecule has 150 valence electrons. The predicted octanol–water partition coefficient (Wildman–Crippen LogP) is 3.32. The molecule has 0 unspecified atom stereocenters.